The van der Waals surface area contributed by atoms with Crippen LogP contribution in [0.15, 0.2) is 11.5 Å². The van der Waals surface area contributed by atoms with Crippen molar-refractivity contribution >= 4 is 10.1 Å². The standard InChI is InChI=1S/C9H17NO3S/c11-14(12,13)8-4-7-10-9-5-2-1-3-6-9/h4,8-10H,1-3,5-7H2,(H,11,12,13). The molecule has 0 amide bonds. The summed E-state index contributed by atoms with van der Waals surface area (Å²) in [6.45, 7) is 0.504. The Kier molecular flexibility index (Phi) is 4.57. The third kappa shape index (κ3) is 5.36. The quantitative estimate of drug-likeness (QED) is 0.700. The molecule has 0 bridgehead atoms. The molecule has 0 aromatic rings. The van der Waals surface area contributed by atoms with Crippen molar-refractivity contribution in [3.05, 3.63) is 11.5 Å². The zero-order valence-electron chi connectivity index (χ0n) is 8.15. The molecule has 4 nitrogen and oxygen atoms in total. The predicted molar refractivity (Wildman–Crippen MR) is 55.6 cm³/mol. The number of hydrogen-bond acceptors (Lipinski definition) is 3. The van der Waals surface area contributed by atoms with Crippen molar-refractivity contribution in [2.24, 2.45) is 0 Å². The van der Waals surface area contributed by atoms with E-state index in [4.69, 9.17) is 4.55 Å². The summed E-state index contributed by atoms with van der Waals surface area (Å²) in [5.41, 5.74) is 0. The third-order valence-electron chi connectivity index (χ3n) is 2.40. The second-order valence-corrected chi connectivity index (χ2v) is 4.93. The van der Waals surface area contributed by atoms with Gasteiger partial charge in [-0.05, 0) is 12.8 Å². The van der Waals surface area contributed by atoms with Gasteiger partial charge in [-0.15, -0.1) is 0 Å². The van der Waals surface area contributed by atoms with Crippen LogP contribution in [0.3, 0.4) is 0 Å². The maximum Gasteiger partial charge on any atom is 0.287 e. The van der Waals surface area contributed by atoms with Gasteiger partial charge in [0, 0.05) is 12.6 Å². The fourth-order valence-corrected chi connectivity index (χ4v) is 2.05. The molecule has 0 saturated heterocycles. The summed E-state index contributed by atoms with van der Waals surface area (Å²) >= 11 is 0. The molecule has 0 radical (unpaired) electrons. The van der Waals surface area contributed by atoms with Crippen LogP contribution >= 0.6 is 0 Å². The summed E-state index contributed by atoms with van der Waals surface area (Å²) in [6.07, 6.45) is 7.57. The molecule has 1 aliphatic rings. The Labute approximate surface area is 85.1 Å². The highest BCUT2D eigenvalue weighted by molar-refractivity contribution is 7.88. The summed E-state index contributed by atoms with van der Waals surface area (Å²) < 4.78 is 29.1. The molecular formula is C9H17NO3S. The summed E-state index contributed by atoms with van der Waals surface area (Å²) in [7, 11) is -3.95. The molecule has 0 spiro atoms. The zero-order chi connectivity index (χ0) is 10.4. The number of hydrogen-bond donors (Lipinski definition) is 2. The molecule has 1 aliphatic carbocycles. The molecule has 1 saturated carbocycles. The van der Waals surface area contributed by atoms with E-state index < -0.39 is 10.1 Å². The molecule has 1 fully saturated rings. The van der Waals surface area contributed by atoms with Gasteiger partial charge in [-0.2, -0.15) is 8.42 Å². The van der Waals surface area contributed by atoms with E-state index in [-0.39, 0.29) is 0 Å². The summed E-state index contributed by atoms with van der Waals surface area (Å²) in [6, 6.07) is 0.509. The Bertz CT molecular complexity index is 278. The van der Waals surface area contributed by atoms with Gasteiger partial charge in [-0.25, -0.2) is 0 Å². The lowest BCUT2D eigenvalue weighted by atomic mass is 9.96. The highest BCUT2D eigenvalue weighted by Gasteiger charge is 2.11. The van der Waals surface area contributed by atoms with Gasteiger partial charge in [-0.3, -0.25) is 4.55 Å². The first-order valence-electron chi connectivity index (χ1n) is 4.95. The summed E-state index contributed by atoms with van der Waals surface area (Å²) in [5, 5.41) is 4.05. The first-order valence-corrected chi connectivity index (χ1v) is 6.46. The monoisotopic (exact) mass is 219 g/mol. The Balaban J connectivity index is 2.17. The molecule has 0 heterocycles. The molecule has 1 rings (SSSR count). The van der Waals surface area contributed by atoms with E-state index in [9.17, 15) is 8.42 Å². The highest BCUT2D eigenvalue weighted by Crippen LogP contribution is 2.16. The third-order valence-corrected chi connectivity index (χ3v) is 2.93. The van der Waals surface area contributed by atoms with Crippen LogP contribution in [0.5, 0.6) is 0 Å². The molecule has 5 heteroatoms. The molecule has 2 N–H and O–H groups in total. The van der Waals surface area contributed by atoms with Crippen LogP contribution in [-0.2, 0) is 10.1 Å². The van der Waals surface area contributed by atoms with Crippen molar-refractivity contribution < 1.29 is 13.0 Å². The molecule has 0 aromatic carbocycles. The van der Waals surface area contributed by atoms with Crippen LogP contribution in [0.4, 0.5) is 0 Å². The lowest BCUT2D eigenvalue weighted by Crippen LogP contribution is -2.31. The number of rotatable bonds is 4. The average molecular weight is 219 g/mol. The van der Waals surface area contributed by atoms with Gasteiger partial charge in [0.25, 0.3) is 10.1 Å². The van der Waals surface area contributed by atoms with Gasteiger partial charge in [0.1, 0.15) is 0 Å². The Morgan fingerprint density at radius 3 is 2.50 bits per heavy atom. The van der Waals surface area contributed by atoms with E-state index in [1.807, 2.05) is 0 Å². The van der Waals surface area contributed by atoms with Crippen LogP contribution in [-0.4, -0.2) is 25.6 Å². The number of nitrogens with one attached hydrogen (secondary N) is 1. The van der Waals surface area contributed by atoms with Crippen LogP contribution in [0, 0.1) is 0 Å². The fraction of sp³-hybridized carbons (Fsp3) is 0.778. The van der Waals surface area contributed by atoms with Crippen LogP contribution in [0.2, 0.25) is 0 Å². The predicted octanol–water partition coefficient (Wildman–Crippen LogP) is 1.31. The van der Waals surface area contributed by atoms with E-state index in [0.29, 0.717) is 12.6 Å². The van der Waals surface area contributed by atoms with Crippen LogP contribution in [0.1, 0.15) is 32.1 Å². The Morgan fingerprint density at radius 2 is 1.93 bits per heavy atom. The van der Waals surface area contributed by atoms with E-state index in [2.05, 4.69) is 5.32 Å². The smallest absolute Gasteiger partial charge is 0.287 e. The van der Waals surface area contributed by atoms with Gasteiger partial charge < -0.3 is 5.32 Å². The van der Waals surface area contributed by atoms with Crippen molar-refractivity contribution in [2.45, 2.75) is 38.1 Å². The zero-order valence-corrected chi connectivity index (χ0v) is 8.96. The maximum absolute atomic E-state index is 10.3. The van der Waals surface area contributed by atoms with Gasteiger partial charge >= 0.3 is 0 Å². The average Bonchev–Trinajstić information content (AvgIpc) is 2.13. The minimum atomic E-state index is -3.95. The Morgan fingerprint density at radius 1 is 1.29 bits per heavy atom. The lowest BCUT2D eigenvalue weighted by Gasteiger charge is -2.21. The molecular weight excluding hydrogens is 202 g/mol. The summed E-state index contributed by atoms with van der Waals surface area (Å²) in [5.74, 6) is 0. The molecule has 0 unspecified atom stereocenters. The van der Waals surface area contributed by atoms with E-state index >= 15 is 0 Å². The van der Waals surface area contributed by atoms with E-state index in [0.717, 1.165) is 5.41 Å². The van der Waals surface area contributed by atoms with Crippen molar-refractivity contribution in [1.29, 1.82) is 0 Å². The van der Waals surface area contributed by atoms with Gasteiger partial charge in [0.2, 0.25) is 0 Å². The minimum absolute atomic E-state index is 0.504. The lowest BCUT2D eigenvalue weighted by molar-refractivity contribution is 0.385. The summed E-state index contributed by atoms with van der Waals surface area (Å²) in [4.78, 5) is 0. The topological polar surface area (TPSA) is 66.4 Å². The van der Waals surface area contributed by atoms with Crippen molar-refractivity contribution in [2.75, 3.05) is 6.54 Å². The van der Waals surface area contributed by atoms with Crippen molar-refractivity contribution in [3.63, 3.8) is 0 Å². The maximum atomic E-state index is 10.3. The molecule has 14 heavy (non-hydrogen) atoms. The fourth-order valence-electron chi connectivity index (χ4n) is 1.71. The van der Waals surface area contributed by atoms with Crippen LogP contribution < -0.4 is 5.32 Å². The molecule has 0 aliphatic heterocycles. The molecule has 0 aromatic heterocycles. The Hall–Kier alpha value is -0.390. The largest absolute Gasteiger partial charge is 0.310 e. The van der Waals surface area contributed by atoms with E-state index in [1.54, 1.807) is 0 Å². The van der Waals surface area contributed by atoms with Crippen molar-refractivity contribution in [3.8, 4) is 0 Å². The highest BCUT2D eigenvalue weighted by atomic mass is 32.2. The van der Waals surface area contributed by atoms with Gasteiger partial charge in [0.15, 0.2) is 0 Å². The van der Waals surface area contributed by atoms with Crippen LogP contribution in [0.25, 0.3) is 0 Å². The molecule has 0 atom stereocenters. The van der Waals surface area contributed by atoms with Gasteiger partial charge in [-0.1, -0.05) is 25.3 Å². The minimum Gasteiger partial charge on any atom is -0.310 e. The first-order chi connectivity index (χ1) is 6.58. The first kappa shape index (κ1) is 11.7. The second kappa shape index (κ2) is 5.48. The van der Waals surface area contributed by atoms with Crippen molar-refractivity contribution in [1.82, 2.24) is 5.32 Å². The van der Waals surface area contributed by atoms with Gasteiger partial charge in [0.05, 0.1) is 5.41 Å². The SMILES string of the molecule is O=S(=O)(O)C=CCNC1CCCCC1. The normalized spacial score (nSPS) is 20.4. The second-order valence-electron chi connectivity index (χ2n) is 3.63. The van der Waals surface area contributed by atoms with E-state index in [1.165, 1.54) is 38.2 Å². The molecule has 82 valence electrons.